The smallest absolute Gasteiger partial charge is 0.0583 e. The number of aryl methyl sites for hydroxylation is 2. The predicted molar refractivity (Wildman–Crippen MR) is 80.7 cm³/mol. The SMILES string of the molecule is CNC(c1cccc(C)n1)C1CCCc2cccnc21. The lowest BCUT2D eigenvalue weighted by Gasteiger charge is -2.31. The topological polar surface area (TPSA) is 37.8 Å². The van der Waals surface area contributed by atoms with Crippen LogP contribution in [-0.4, -0.2) is 17.0 Å². The van der Waals surface area contributed by atoms with Crippen molar-refractivity contribution in [3.8, 4) is 0 Å². The second-order valence-corrected chi connectivity index (χ2v) is 5.52. The van der Waals surface area contributed by atoms with Gasteiger partial charge in [-0.25, -0.2) is 0 Å². The Morgan fingerprint density at radius 1 is 1.25 bits per heavy atom. The normalized spacial score (nSPS) is 19.4. The van der Waals surface area contributed by atoms with Crippen molar-refractivity contribution >= 4 is 0 Å². The third kappa shape index (κ3) is 2.46. The van der Waals surface area contributed by atoms with Gasteiger partial charge in [0.2, 0.25) is 0 Å². The minimum absolute atomic E-state index is 0.240. The van der Waals surface area contributed by atoms with Crippen LogP contribution < -0.4 is 5.32 Å². The molecule has 0 saturated heterocycles. The molecule has 104 valence electrons. The first kappa shape index (κ1) is 13.3. The van der Waals surface area contributed by atoms with Gasteiger partial charge in [-0.3, -0.25) is 9.97 Å². The molecular formula is C17H21N3. The minimum Gasteiger partial charge on any atom is -0.311 e. The average molecular weight is 267 g/mol. The quantitative estimate of drug-likeness (QED) is 0.928. The van der Waals surface area contributed by atoms with Crippen LogP contribution in [0.5, 0.6) is 0 Å². The summed E-state index contributed by atoms with van der Waals surface area (Å²) in [7, 11) is 2.02. The first-order valence-electron chi connectivity index (χ1n) is 7.34. The number of aromatic nitrogens is 2. The van der Waals surface area contributed by atoms with Crippen LogP contribution in [0.2, 0.25) is 0 Å². The van der Waals surface area contributed by atoms with E-state index in [1.54, 1.807) is 0 Å². The summed E-state index contributed by atoms with van der Waals surface area (Å²) in [5, 5.41) is 3.45. The number of fused-ring (bicyclic) bond motifs is 1. The Hall–Kier alpha value is -1.74. The summed E-state index contributed by atoms with van der Waals surface area (Å²) in [5.74, 6) is 0.416. The molecule has 2 unspecified atom stereocenters. The van der Waals surface area contributed by atoms with Crippen LogP contribution in [0.4, 0.5) is 0 Å². The zero-order valence-electron chi connectivity index (χ0n) is 12.1. The van der Waals surface area contributed by atoms with Crippen LogP contribution in [0.3, 0.4) is 0 Å². The molecule has 0 bridgehead atoms. The van der Waals surface area contributed by atoms with Gasteiger partial charge in [0.25, 0.3) is 0 Å². The Balaban J connectivity index is 1.99. The van der Waals surface area contributed by atoms with E-state index in [2.05, 4.69) is 28.5 Å². The zero-order valence-corrected chi connectivity index (χ0v) is 12.1. The Kier molecular flexibility index (Phi) is 3.79. The van der Waals surface area contributed by atoms with Gasteiger partial charge in [0.1, 0.15) is 0 Å². The Bertz CT molecular complexity index is 594. The molecule has 2 heterocycles. The number of rotatable bonds is 3. The largest absolute Gasteiger partial charge is 0.311 e. The van der Waals surface area contributed by atoms with Crippen molar-refractivity contribution in [1.29, 1.82) is 0 Å². The van der Waals surface area contributed by atoms with Crippen molar-refractivity contribution < 1.29 is 0 Å². The average Bonchev–Trinajstić information content (AvgIpc) is 2.48. The summed E-state index contributed by atoms with van der Waals surface area (Å²) in [4.78, 5) is 9.35. The van der Waals surface area contributed by atoms with E-state index < -0.39 is 0 Å². The van der Waals surface area contributed by atoms with Gasteiger partial charge in [-0.1, -0.05) is 12.1 Å². The molecule has 2 aromatic rings. The van der Waals surface area contributed by atoms with E-state index in [-0.39, 0.29) is 6.04 Å². The molecule has 0 radical (unpaired) electrons. The van der Waals surface area contributed by atoms with Gasteiger partial charge >= 0.3 is 0 Å². The van der Waals surface area contributed by atoms with Gasteiger partial charge in [0, 0.05) is 23.5 Å². The van der Waals surface area contributed by atoms with E-state index in [1.165, 1.54) is 24.1 Å². The van der Waals surface area contributed by atoms with Crippen LogP contribution in [0.25, 0.3) is 0 Å². The van der Waals surface area contributed by atoms with Gasteiger partial charge in [-0.05, 0) is 57.0 Å². The Labute approximate surface area is 120 Å². The number of nitrogens with zero attached hydrogens (tertiary/aromatic N) is 2. The van der Waals surface area contributed by atoms with Gasteiger partial charge in [-0.2, -0.15) is 0 Å². The Morgan fingerprint density at radius 2 is 2.15 bits per heavy atom. The molecule has 0 fully saturated rings. The van der Waals surface area contributed by atoms with E-state index in [4.69, 9.17) is 4.98 Å². The molecule has 3 rings (SSSR count). The fourth-order valence-electron chi connectivity index (χ4n) is 3.26. The first-order valence-corrected chi connectivity index (χ1v) is 7.34. The number of likely N-dealkylation sites (N-methyl/N-ethyl adjacent to an activating group) is 1. The highest BCUT2D eigenvalue weighted by atomic mass is 14.9. The van der Waals surface area contributed by atoms with Crippen molar-refractivity contribution in [3.05, 3.63) is 59.2 Å². The Morgan fingerprint density at radius 3 is 2.95 bits per heavy atom. The molecule has 2 atom stereocenters. The van der Waals surface area contributed by atoms with Gasteiger partial charge in [0.05, 0.1) is 11.7 Å². The molecular weight excluding hydrogens is 246 g/mol. The number of nitrogens with one attached hydrogen (secondary N) is 1. The van der Waals surface area contributed by atoms with Crippen molar-refractivity contribution in [1.82, 2.24) is 15.3 Å². The molecule has 20 heavy (non-hydrogen) atoms. The van der Waals surface area contributed by atoms with Gasteiger partial charge in [0.15, 0.2) is 0 Å². The highest BCUT2D eigenvalue weighted by Gasteiger charge is 2.29. The maximum Gasteiger partial charge on any atom is 0.0583 e. The van der Waals surface area contributed by atoms with Crippen molar-refractivity contribution in [2.24, 2.45) is 0 Å². The molecule has 1 aliphatic carbocycles. The van der Waals surface area contributed by atoms with Crippen molar-refractivity contribution in [2.75, 3.05) is 7.05 Å². The first-order chi connectivity index (χ1) is 9.79. The molecule has 0 saturated carbocycles. The second-order valence-electron chi connectivity index (χ2n) is 5.52. The monoisotopic (exact) mass is 267 g/mol. The van der Waals surface area contributed by atoms with Crippen molar-refractivity contribution in [3.63, 3.8) is 0 Å². The van der Waals surface area contributed by atoms with Crippen LogP contribution in [0, 0.1) is 6.92 Å². The fraction of sp³-hybridized carbons (Fsp3) is 0.412. The third-order valence-electron chi connectivity index (χ3n) is 4.18. The second kappa shape index (κ2) is 5.71. The standard InChI is InChI=1S/C17H21N3/c1-12-6-3-10-15(20-12)17(18-2)14-9-4-7-13-8-5-11-19-16(13)14/h3,5-6,8,10-11,14,17-18H,4,7,9H2,1-2H3. The molecule has 2 aromatic heterocycles. The van der Waals surface area contributed by atoms with E-state index >= 15 is 0 Å². The molecule has 1 aliphatic rings. The fourth-order valence-corrected chi connectivity index (χ4v) is 3.26. The summed E-state index contributed by atoms with van der Waals surface area (Å²) < 4.78 is 0. The maximum absolute atomic E-state index is 4.70. The maximum atomic E-state index is 4.70. The van der Waals surface area contributed by atoms with Crippen LogP contribution in [-0.2, 0) is 6.42 Å². The third-order valence-corrected chi connectivity index (χ3v) is 4.18. The predicted octanol–water partition coefficient (Wildman–Crippen LogP) is 3.17. The van der Waals surface area contributed by atoms with E-state index in [0.29, 0.717) is 5.92 Å². The zero-order chi connectivity index (χ0) is 13.9. The lowest BCUT2D eigenvalue weighted by Crippen LogP contribution is -2.28. The van der Waals surface area contributed by atoms with Crippen LogP contribution in [0.1, 0.15) is 47.4 Å². The van der Waals surface area contributed by atoms with Crippen LogP contribution in [0.15, 0.2) is 36.5 Å². The van der Waals surface area contributed by atoms with Gasteiger partial charge < -0.3 is 5.32 Å². The molecule has 3 heteroatoms. The molecule has 0 aromatic carbocycles. The summed E-state index contributed by atoms with van der Waals surface area (Å²) in [6.07, 6.45) is 5.46. The van der Waals surface area contributed by atoms with E-state index in [1.807, 2.05) is 32.3 Å². The number of pyridine rings is 2. The molecule has 0 amide bonds. The number of hydrogen-bond donors (Lipinski definition) is 1. The van der Waals surface area contributed by atoms with E-state index in [0.717, 1.165) is 17.8 Å². The highest BCUT2D eigenvalue weighted by Crippen LogP contribution is 2.38. The summed E-state index contributed by atoms with van der Waals surface area (Å²) in [5.41, 5.74) is 4.84. The van der Waals surface area contributed by atoms with Crippen LogP contribution >= 0.6 is 0 Å². The number of hydrogen-bond acceptors (Lipinski definition) is 3. The molecule has 1 N–H and O–H groups in total. The summed E-state index contributed by atoms with van der Waals surface area (Å²) >= 11 is 0. The lowest BCUT2D eigenvalue weighted by atomic mass is 9.81. The lowest BCUT2D eigenvalue weighted by molar-refractivity contribution is 0.408. The van der Waals surface area contributed by atoms with Gasteiger partial charge in [-0.15, -0.1) is 0 Å². The highest BCUT2D eigenvalue weighted by molar-refractivity contribution is 5.29. The van der Waals surface area contributed by atoms with Crippen molar-refractivity contribution in [2.45, 2.75) is 38.1 Å². The van der Waals surface area contributed by atoms with E-state index in [9.17, 15) is 0 Å². The summed E-state index contributed by atoms with van der Waals surface area (Å²) in [6.45, 7) is 2.04. The minimum atomic E-state index is 0.240. The summed E-state index contributed by atoms with van der Waals surface area (Å²) in [6, 6.07) is 10.7. The molecule has 0 spiro atoms. The molecule has 0 aliphatic heterocycles. The molecule has 3 nitrogen and oxygen atoms in total.